The van der Waals surface area contributed by atoms with Crippen molar-refractivity contribution in [2.24, 2.45) is 5.92 Å². The van der Waals surface area contributed by atoms with Gasteiger partial charge in [0.25, 0.3) is 0 Å². The topological polar surface area (TPSA) is 32.3 Å². The maximum atomic E-state index is 9.15. The van der Waals surface area contributed by atoms with Crippen molar-refractivity contribution in [2.75, 3.05) is 6.61 Å². The third-order valence-electron chi connectivity index (χ3n) is 3.58. The minimum Gasteiger partial charge on any atom is -0.396 e. The lowest BCUT2D eigenvalue weighted by atomic mass is 10.00. The lowest BCUT2D eigenvalue weighted by Crippen LogP contribution is -2.36. The van der Waals surface area contributed by atoms with Gasteiger partial charge in [-0.1, -0.05) is 32.0 Å². The highest BCUT2D eigenvalue weighted by Crippen LogP contribution is 2.30. The van der Waals surface area contributed by atoms with Crippen LogP contribution in [-0.4, -0.2) is 17.8 Å². The van der Waals surface area contributed by atoms with Crippen LogP contribution in [0.2, 0.25) is 0 Å². The van der Waals surface area contributed by atoms with Gasteiger partial charge in [0.1, 0.15) is 0 Å². The zero-order chi connectivity index (χ0) is 13.8. The SMILES string of the molecule is CC(NC(CCO)C(C)C)c1cc2ccccc2s1. The summed E-state index contributed by atoms with van der Waals surface area (Å²) in [6, 6.07) is 11.5. The van der Waals surface area contributed by atoms with Gasteiger partial charge in [0.15, 0.2) is 0 Å². The van der Waals surface area contributed by atoms with E-state index in [9.17, 15) is 0 Å². The van der Waals surface area contributed by atoms with Crippen LogP contribution in [-0.2, 0) is 0 Å². The standard InChI is InChI=1S/C16H23NOS/c1-11(2)14(8-9-18)17-12(3)16-10-13-6-4-5-7-15(13)19-16/h4-7,10-12,14,17-18H,8-9H2,1-3H3. The Bertz CT molecular complexity index is 487. The second-order valence-electron chi connectivity index (χ2n) is 5.44. The minimum absolute atomic E-state index is 0.245. The van der Waals surface area contributed by atoms with Crippen molar-refractivity contribution < 1.29 is 5.11 Å². The first kappa shape index (κ1) is 14.5. The van der Waals surface area contributed by atoms with Gasteiger partial charge in [-0.15, -0.1) is 11.3 Å². The summed E-state index contributed by atoms with van der Waals surface area (Å²) in [5.74, 6) is 0.531. The van der Waals surface area contributed by atoms with Crippen LogP contribution in [0.3, 0.4) is 0 Å². The highest BCUT2D eigenvalue weighted by molar-refractivity contribution is 7.19. The molecule has 2 atom stereocenters. The molecule has 2 nitrogen and oxygen atoms in total. The number of thiophene rings is 1. The van der Waals surface area contributed by atoms with Gasteiger partial charge in [0, 0.05) is 28.3 Å². The molecule has 2 unspecified atom stereocenters. The molecule has 19 heavy (non-hydrogen) atoms. The van der Waals surface area contributed by atoms with Crippen LogP contribution >= 0.6 is 11.3 Å². The second kappa shape index (κ2) is 6.51. The summed E-state index contributed by atoms with van der Waals surface area (Å²) in [6.07, 6.45) is 0.812. The van der Waals surface area contributed by atoms with Crippen LogP contribution in [0.1, 0.15) is 38.1 Å². The lowest BCUT2D eigenvalue weighted by Gasteiger charge is -2.25. The minimum atomic E-state index is 0.245. The summed E-state index contributed by atoms with van der Waals surface area (Å²) in [6.45, 7) is 6.85. The summed E-state index contributed by atoms with van der Waals surface area (Å²) in [4.78, 5) is 1.37. The Morgan fingerprint density at radius 2 is 1.95 bits per heavy atom. The van der Waals surface area contributed by atoms with E-state index < -0.39 is 0 Å². The molecule has 1 heterocycles. The van der Waals surface area contributed by atoms with E-state index in [-0.39, 0.29) is 6.61 Å². The summed E-state index contributed by atoms with van der Waals surface area (Å²) in [5.41, 5.74) is 0. The van der Waals surface area contributed by atoms with E-state index in [0.717, 1.165) is 6.42 Å². The number of hydrogen-bond acceptors (Lipinski definition) is 3. The van der Waals surface area contributed by atoms with Crippen LogP contribution in [0.25, 0.3) is 10.1 Å². The van der Waals surface area contributed by atoms with Gasteiger partial charge in [-0.25, -0.2) is 0 Å². The molecular formula is C16H23NOS. The maximum absolute atomic E-state index is 9.15. The third-order valence-corrected chi connectivity index (χ3v) is 4.88. The molecule has 0 aliphatic carbocycles. The first-order valence-electron chi connectivity index (χ1n) is 6.97. The number of aliphatic hydroxyl groups is 1. The predicted molar refractivity (Wildman–Crippen MR) is 83.7 cm³/mol. The number of benzene rings is 1. The van der Waals surface area contributed by atoms with E-state index in [1.54, 1.807) is 0 Å². The lowest BCUT2D eigenvalue weighted by molar-refractivity contribution is 0.237. The molecule has 0 amide bonds. The quantitative estimate of drug-likeness (QED) is 0.837. The molecule has 2 N–H and O–H groups in total. The molecule has 104 valence electrons. The first-order chi connectivity index (χ1) is 9.11. The number of nitrogens with one attached hydrogen (secondary N) is 1. The first-order valence-corrected chi connectivity index (χ1v) is 7.79. The Balaban J connectivity index is 2.11. The molecule has 1 aromatic carbocycles. The van der Waals surface area contributed by atoms with Gasteiger partial charge in [-0.05, 0) is 36.8 Å². The summed E-state index contributed by atoms with van der Waals surface area (Å²) in [5, 5.41) is 14.1. The molecular weight excluding hydrogens is 254 g/mol. The van der Waals surface area contributed by atoms with Crippen LogP contribution in [0, 0.1) is 5.92 Å². The van der Waals surface area contributed by atoms with Crippen molar-refractivity contribution in [1.82, 2.24) is 5.32 Å². The Hall–Kier alpha value is -0.900. The van der Waals surface area contributed by atoms with Crippen LogP contribution in [0.5, 0.6) is 0 Å². The van der Waals surface area contributed by atoms with Crippen molar-refractivity contribution in [2.45, 2.75) is 39.3 Å². The smallest absolute Gasteiger partial charge is 0.0445 e. The zero-order valence-corrected chi connectivity index (χ0v) is 12.7. The average molecular weight is 277 g/mol. The fourth-order valence-corrected chi connectivity index (χ4v) is 3.44. The molecule has 0 aliphatic heterocycles. The van der Waals surface area contributed by atoms with Gasteiger partial charge in [-0.2, -0.15) is 0 Å². The maximum Gasteiger partial charge on any atom is 0.0445 e. The molecule has 0 bridgehead atoms. The Morgan fingerprint density at radius 1 is 1.21 bits per heavy atom. The van der Waals surface area contributed by atoms with Gasteiger partial charge >= 0.3 is 0 Å². The number of hydrogen-bond donors (Lipinski definition) is 2. The Labute approximate surface area is 119 Å². The van der Waals surface area contributed by atoms with Gasteiger partial charge < -0.3 is 10.4 Å². The van der Waals surface area contributed by atoms with Crippen molar-refractivity contribution in [3.8, 4) is 0 Å². The zero-order valence-electron chi connectivity index (χ0n) is 11.9. The van der Waals surface area contributed by atoms with Crippen molar-refractivity contribution >= 4 is 21.4 Å². The van der Waals surface area contributed by atoms with E-state index in [1.807, 2.05) is 11.3 Å². The number of fused-ring (bicyclic) bond motifs is 1. The highest BCUT2D eigenvalue weighted by Gasteiger charge is 2.17. The van der Waals surface area contributed by atoms with Gasteiger partial charge in [0.2, 0.25) is 0 Å². The normalized spacial score (nSPS) is 15.0. The Morgan fingerprint density at radius 3 is 2.58 bits per heavy atom. The van der Waals surface area contributed by atoms with Crippen LogP contribution < -0.4 is 5.32 Å². The molecule has 1 aromatic heterocycles. The molecule has 0 radical (unpaired) electrons. The van der Waals surface area contributed by atoms with E-state index >= 15 is 0 Å². The molecule has 3 heteroatoms. The van der Waals surface area contributed by atoms with Gasteiger partial charge in [0.05, 0.1) is 0 Å². The average Bonchev–Trinajstić information content (AvgIpc) is 2.81. The fraction of sp³-hybridized carbons (Fsp3) is 0.500. The molecule has 0 spiro atoms. The molecule has 0 saturated carbocycles. The van der Waals surface area contributed by atoms with Gasteiger partial charge in [-0.3, -0.25) is 0 Å². The van der Waals surface area contributed by atoms with E-state index in [4.69, 9.17) is 5.11 Å². The van der Waals surface area contributed by atoms with Crippen molar-refractivity contribution in [3.05, 3.63) is 35.2 Å². The van der Waals surface area contributed by atoms with Crippen molar-refractivity contribution in [1.29, 1.82) is 0 Å². The van der Waals surface area contributed by atoms with E-state index in [0.29, 0.717) is 18.0 Å². The fourth-order valence-electron chi connectivity index (χ4n) is 2.37. The molecule has 2 rings (SSSR count). The number of aliphatic hydroxyl groups excluding tert-OH is 1. The van der Waals surface area contributed by atoms with Crippen LogP contribution in [0.15, 0.2) is 30.3 Å². The highest BCUT2D eigenvalue weighted by atomic mass is 32.1. The molecule has 2 aromatic rings. The van der Waals surface area contributed by atoms with Crippen molar-refractivity contribution in [3.63, 3.8) is 0 Å². The third kappa shape index (κ3) is 3.56. The summed E-state index contributed by atoms with van der Waals surface area (Å²) >= 11 is 1.85. The van der Waals surface area contributed by atoms with E-state index in [1.165, 1.54) is 15.0 Å². The van der Waals surface area contributed by atoms with Crippen LogP contribution in [0.4, 0.5) is 0 Å². The molecule has 0 aliphatic rings. The molecule has 0 saturated heterocycles. The second-order valence-corrected chi connectivity index (χ2v) is 6.55. The Kier molecular flexibility index (Phi) is 4.97. The van der Waals surface area contributed by atoms with E-state index in [2.05, 4.69) is 56.4 Å². The summed E-state index contributed by atoms with van der Waals surface area (Å²) < 4.78 is 1.34. The monoisotopic (exact) mass is 277 g/mol. The number of rotatable bonds is 6. The predicted octanol–water partition coefficient (Wildman–Crippen LogP) is 3.96. The largest absolute Gasteiger partial charge is 0.396 e. The molecule has 0 fully saturated rings. The summed E-state index contributed by atoms with van der Waals surface area (Å²) in [7, 11) is 0.